The summed E-state index contributed by atoms with van der Waals surface area (Å²) in [6, 6.07) is 0. The van der Waals surface area contributed by atoms with Gasteiger partial charge >= 0.3 is 5.97 Å². The highest BCUT2D eigenvalue weighted by molar-refractivity contribution is 6.74. The van der Waals surface area contributed by atoms with Crippen LogP contribution in [-0.2, 0) is 18.7 Å². The van der Waals surface area contributed by atoms with Gasteiger partial charge < -0.3 is 19.0 Å². The zero-order chi connectivity index (χ0) is 23.1. The second kappa shape index (κ2) is 12.0. The molecule has 0 spiro atoms. The molecule has 31 heavy (non-hydrogen) atoms. The lowest BCUT2D eigenvalue weighted by Crippen LogP contribution is -2.44. The van der Waals surface area contributed by atoms with Gasteiger partial charge in [0.2, 0.25) is 0 Å². The van der Waals surface area contributed by atoms with Crippen molar-refractivity contribution in [3.05, 3.63) is 11.6 Å². The van der Waals surface area contributed by atoms with Crippen molar-refractivity contribution < 1.29 is 23.8 Å². The van der Waals surface area contributed by atoms with E-state index in [0.717, 1.165) is 37.7 Å². The van der Waals surface area contributed by atoms with E-state index >= 15 is 0 Å². The van der Waals surface area contributed by atoms with Gasteiger partial charge in [0.1, 0.15) is 6.10 Å². The van der Waals surface area contributed by atoms with Crippen LogP contribution in [0.5, 0.6) is 0 Å². The Hall–Kier alpha value is -0.693. The van der Waals surface area contributed by atoms with E-state index in [-0.39, 0.29) is 35.9 Å². The summed E-state index contributed by atoms with van der Waals surface area (Å²) in [6.45, 7) is 13.4. The van der Waals surface area contributed by atoms with Crippen molar-refractivity contribution in [2.75, 3.05) is 6.61 Å². The number of esters is 1. The van der Waals surface area contributed by atoms with Crippen molar-refractivity contribution in [3.63, 3.8) is 0 Å². The summed E-state index contributed by atoms with van der Waals surface area (Å²) in [5.74, 6) is -0.172. The van der Waals surface area contributed by atoms with Crippen LogP contribution in [0.4, 0.5) is 0 Å². The summed E-state index contributed by atoms with van der Waals surface area (Å²) in [6.07, 6.45) is 13.2. The third kappa shape index (κ3) is 8.63. The van der Waals surface area contributed by atoms with Crippen LogP contribution in [0.3, 0.4) is 0 Å². The van der Waals surface area contributed by atoms with Crippen LogP contribution in [-0.4, -0.2) is 50.4 Å². The largest absolute Gasteiger partial charge is 0.455 e. The average Bonchev–Trinajstić information content (AvgIpc) is 3.25. The van der Waals surface area contributed by atoms with Crippen molar-refractivity contribution in [2.45, 2.75) is 134 Å². The van der Waals surface area contributed by atoms with Crippen LogP contribution < -0.4 is 0 Å². The van der Waals surface area contributed by atoms with Crippen molar-refractivity contribution in [3.8, 4) is 0 Å². The molecule has 0 radical (unpaired) electrons. The minimum atomic E-state index is -1.90. The van der Waals surface area contributed by atoms with Gasteiger partial charge in [-0.1, -0.05) is 52.9 Å². The van der Waals surface area contributed by atoms with E-state index in [2.05, 4.69) is 33.9 Å². The highest BCUT2D eigenvalue weighted by atomic mass is 28.4. The number of hydrogen-bond donors (Lipinski definition) is 1. The molecule has 2 aliphatic heterocycles. The van der Waals surface area contributed by atoms with Gasteiger partial charge in [-0.3, -0.25) is 0 Å². The van der Waals surface area contributed by atoms with E-state index in [0.29, 0.717) is 12.5 Å². The van der Waals surface area contributed by atoms with Crippen LogP contribution >= 0.6 is 0 Å². The number of carbonyl (C=O) groups is 1. The van der Waals surface area contributed by atoms with E-state index in [1.807, 2.05) is 13.0 Å². The highest BCUT2D eigenvalue weighted by Crippen LogP contribution is 2.39. The number of cyclic esters (lactones) is 1. The van der Waals surface area contributed by atoms with Crippen molar-refractivity contribution in [1.29, 1.82) is 0 Å². The Labute approximate surface area is 191 Å². The second-order valence-corrected chi connectivity index (χ2v) is 15.7. The number of hydrogen-bond acceptors (Lipinski definition) is 5. The molecule has 0 aliphatic carbocycles. The summed E-state index contributed by atoms with van der Waals surface area (Å²) in [5, 5.41) is 9.32. The molecule has 0 amide bonds. The minimum Gasteiger partial charge on any atom is -0.455 e. The Kier molecular flexibility index (Phi) is 10.2. The summed E-state index contributed by atoms with van der Waals surface area (Å²) in [5.41, 5.74) is 0.786. The second-order valence-electron chi connectivity index (χ2n) is 11.0. The third-order valence-corrected chi connectivity index (χ3v) is 11.7. The molecule has 5 nitrogen and oxygen atoms in total. The van der Waals surface area contributed by atoms with Crippen molar-refractivity contribution in [1.82, 2.24) is 0 Å². The standard InChI is InChI=1S/C25H46O5Si/c1-19-16-20(24(27)28-19)17-22(30-31(5,6)25(2,3)4)13-11-9-7-8-10-12-21-14-15-23(18-26)29-21/h16,19,21-23,26H,7-15,17-18H2,1-6H3/t19-,21-,22+,23-/m0/s1. The topological polar surface area (TPSA) is 65.0 Å². The molecule has 0 bridgehead atoms. The molecular formula is C25H46O5Si. The first kappa shape index (κ1) is 26.6. The van der Waals surface area contributed by atoms with Gasteiger partial charge in [0.15, 0.2) is 8.32 Å². The van der Waals surface area contributed by atoms with Gasteiger partial charge in [0.25, 0.3) is 0 Å². The maximum absolute atomic E-state index is 12.1. The molecule has 0 aromatic rings. The smallest absolute Gasteiger partial charge is 0.334 e. The average molecular weight is 455 g/mol. The lowest BCUT2D eigenvalue weighted by molar-refractivity contribution is -0.139. The zero-order valence-electron chi connectivity index (χ0n) is 20.7. The lowest BCUT2D eigenvalue weighted by Gasteiger charge is -2.39. The van der Waals surface area contributed by atoms with Crippen LogP contribution in [0, 0.1) is 0 Å². The normalized spacial score (nSPS) is 25.6. The molecular weight excluding hydrogens is 408 g/mol. The molecule has 180 valence electrons. The van der Waals surface area contributed by atoms with Crippen molar-refractivity contribution in [2.24, 2.45) is 0 Å². The molecule has 1 N–H and O–H groups in total. The molecule has 2 heterocycles. The Bertz CT molecular complexity index is 595. The van der Waals surface area contributed by atoms with Crippen LogP contribution in [0.25, 0.3) is 0 Å². The molecule has 1 saturated heterocycles. The molecule has 2 aliphatic rings. The van der Waals surface area contributed by atoms with Crippen molar-refractivity contribution >= 4 is 14.3 Å². The maximum Gasteiger partial charge on any atom is 0.334 e. The molecule has 4 atom stereocenters. The Morgan fingerprint density at radius 3 is 2.35 bits per heavy atom. The van der Waals surface area contributed by atoms with Crippen LogP contribution in [0.1, 0.15) is 91.9 Å². The quantitative estimate of drug-likeness (QED) is 0.213. The molecule has 0 aromatic heterocycles. The first-order valence-electron chi connectivity index (χ1n) is 12.4. The Balaban J connectivity index is 1.73. The third-order valence-electron chi connectivity index (χ3n) is 7.16. The predicted molar refractivity (Wildman–Crippen MR) is 128 cm³/mol. The van der Waals surface area contributed by atoms with E-state index in [9.17, 15) is 4.79 Å². The fourth-order valence-corrected chi connectivity index (χ4v) is 5.61. The summed E-state index contributed by atoms with van der Waals surface area (Å²) >= 11 is 0. The minimum absolute atomic E-state index is 0.0677. The summed E-state index contributed by atoms with van der Waals surface area (Å²) in [4.78, 5) is 12.1. The number of carbonyl (C=O) groups excluding carboxylic acids is 1. The maximum atomic E-state index is 12.1. The molecule has 0 saturated carbocycles. The Morgan fingerprint density at radius 1 is 1.13 bits per heavy atom. The number of rotatable bonds is 13. The first-order chi connectivity index (χ1) is 14.5. The van der Waals surface area contributed by atoms with Gasteiger partial charge in [0.05, 0.1) is 18.8 Å². The number of unbranched alkanes of at least 4 members (excludes halogenated alkanes) is 4. The number of ether oxygens (including phenoxy) is 2. The molecule has 0 unspecified atom stereocenters. The summed E-state index contributed by atoms with van der Waals surface area (Å²) in [7, 11) is -1.90. The first-order valence-corrected chi connectivity index (χ1v) is 15.3. The van der Waals surface area contributed by atoms with Gasteiger partial charge in [-0.15, -0.1) is 0 Å². The predicted octanol–water partition coefficient (Wildman–Crippen LogP) is 5.91. The molecule has 6 heteroatoms. The summed E-state index contributed by atoms with van der Waals surface area (Å²) < 4.78 is 17.8. The van der Waals surface area contributed by atoms with Gasteiger partial charge in [-0.05, 0) is 56.8 Å². The molecule has 0 aromatic carbocycles. The zero-order valence-corrected chi connectivity index (χ0v) is 21.7. The fourth-order valence-electron chi connectivity index (χ4n) is 4.22. The monoisotopic (exact) mass is 454 g/mol. The molecule has 1 fully saturated rings. The van der Waals surface area contributed by atoms with E-state index in [1.165, 1.54) is 25.7 Å². The van der Waals surface area contributed by atoms with Gasteiger partial charge in [-0.25, -0.2) is 4.79 Å². The van der Waals surface area contributed by atoms with Gasteiger partial charge in [0, 0.05) is 18.1 Å². The van der Waals surface area contributed by atoms with E-state index in [1.54, 1.807) is 0 Å². The lowest BCUT2D eigenvalue weighted by atomic mass is 10.0. The van der Waals surface area contributed by atoms with Gasteiger partial charge in [-0.2, -0.15) is 0 Å². The molecule has 2 rings (SSSR count). The SMILES string of the molecule is C[C@H]1C=C(C[C@@H](CCCCCCC[C@H]2CC[C@@H](CO)O2)O[Si](C)(C)C(C)(C)C)C(=O)O1. The number of aliphatic hydroxyl groups excluding tert-OH is 1. The van der Waals surface area contributed by atoms with Crippen LogP contribution in [0.15, 0.2) is 11.6 Å². The van der Waals surface area contributed by atoms with E-state index < -0.39 is 8.32 Å². The van der Waals surface area contributed by atoms with Crippen LogP contribution in [0.2, 0.25) is 18.1 Å². The Morgan fingerprint density at radius 2 is 1.77 bits per heavy atom. The van der Waals surface area contributed by atoms with E-state index in [4.69, 9.17) is 19.0 Å². The highest BCUT2D eigenvalue weighted by Gasteiger charge is 2.39. The number of aliphatic hydroxyl groups is 1. The fraction of sp³-hybridized carbons (Fsp3) is 0.880.